The lowest BCUT2D eigenvalue weighted by molar-refractivity contribution is -0.132. The number of pyridine rings is 1. The van der Waals surface area contributed by atoms with E-state index in [-0.39, 0.29) is 30.1 Å². The maximum absolute atomic E-state index is 12.8. The topological polar surface area (TPSA) is 91.4 Å². The highest BCUT2D eigenvalue weighted by molar-refractivity contribution is 6.01. The molecule has 0 spiro atoms. The molecular formula is C22H26N4O3. The fourth-order valence-corrected chi connectivity index (χ4v) is 3.35. The van der Waals surface area contributed by atoms with Crippen LogP contribution in [0.2, 0.25) is 0 Å². The summed E-state index contributed by atoms with van der Waals surface area (Å²) in [5.74, 6) is -1.17. The Bertz CT molecular complexity index is 855. The molecule has 2 N–H and O–H groups in total. The van der Waals surface area contributed by atoms with Crippen molar-refractivity contribution in [2.75, 3.05) is 11.4 Å². The summed E-state index contributed by atoms with van der Waals surface area (Å²) in [5.41, 5.74) is 1.66. The van der Waals surface area contributed by atoms with E-state index in [0.29, 0.717) is 13.1 Å². The van der Waals surface area contributed by atoms with Gasteiger partial charge in [0, 0.05) is 37.6 Å². The summed E-state index contributed by atoms with van der Waals surface area (Å²) in [6.07, 6.45) is 3.50. The van der Waals surface area contributed by atoms with Gasteiger partial charge < -0.3 is 15.5 Å². The highest BCUT2D eigenvalue weighted by atomic mass is 16.2. The van der Waals surface area contributed by atoms with Crippen LogP contribution in [-0.2, 0) is 20.9 Å². The van der Waals surface area contributed by atoms with Gasteiger partial charge in [-0.3, -0.25) is 19.4 Å². The molecule has 1 aromatic heterocycles. The minimum absolute atomic E-state index is 0.0847. The zero-order valence-electron chi connectivity index (χ0n) is 16.7. The van der Waals surface area contributed by atoms with Gasteiger partial charge in [-0.15, -0.1) is 0 Å². The van der Waals surface area contributed by atoms with Gasteiger partial charge in [0.15, 0.2) is 0 Å². The molecule has 1 saturated heterocycles. The Kier molecular flexibility index (Phi) is 6.59. The first-order valence-corrected chi connectivity index (χ1v) is 9.78. The Morgan fingerprint density at radius 1 is 1.17 bits per heavy atom. The van der Waals surface area contributed by atoms with Crippen LogP contribution in [0.3, 0.4) is 0 Å². The maximum atomic E-state index is 12.8. The van der Waals surface area contributed by atoms with Crippen LogP contribution >= 0.6 is 0 Å². The Hall–Kier alpha value is -3.22. The molecule has 152 valence electrons. The molecule has 2 atom stereocenters. The van der Waals surface area contributed by atoms with Crippen LogP contribution in [0, 0.1) is 11.8 Å². The molecule has 0 radical (unpaired) electrons. The fraction of sp³-hybridized carbons (Fsp3) is 0.364. The number of nitrogens with zero attached hydrogens (tertiary/aromatic N) is 2. The van der Waals surface area contributed by atoms with Crippen molar-refractivity contribution in [1.29, 1.82) is 0 Å². The van der Waals surface area contributed by atoms with Crippen molar-refractivity contribution in [3.05, 3.63) is 60.4 Å². The summed E-state index contributed by atoms with van der Waals surface area (Å²) < 4.78 is 0. The van der Waals surface area contributed by atoms with E-state index in [0.717, 1.165) is 11.3 Å². The molecule has 0 aliphatic carbocycles. The van der Waals surface area contributed by atoms with Crippen LogP contribution in [-0.4, -0.2) is 35.3 Å². The highest BCUT2D eigenvalue weighted by Crippen LogP contribution is 2.25. The van der Waals surface area contributed by atoms with Crippen LogP contribution in [0.5, 0.6) is 0 Å². The second-order valence-electron chi connectivity index (χ2n) is 7.55. The third-order valence-electron chi connectivity index (χ3n) is 5.00. The van der Waals surface area contributed by atoms with Gasteiger partial charge in [-0.2, -0.15) is 0 Å². The second-order valence-corrected chi connectivity index (χ2v) is 7.55. The van der Waals surface area contributed by atoms with Crippen molar-refractivity contribution in [3.63, 3.8) is 0 Å². The third kappa shape index (κ3) is 5.19. The number of rotatable bonds is 7. The van der Waals surface area contributed by atoms with E-state index in [1.54, 1.807) is 23.4 Å². The summed E-state index contributed by atoms with van der Waals surface area (Å²) in [7, 11) is 0. The van der Waals surface area contributed by atoms with Crippen LogP contribution in [0.25, 0.3) is 0 Å². The number of benzene rings is 1. The van der Waals surface area contributed by atoms with Crippen molar-refractivity contribution in [2.45, 2.75) is 32.9 Å². The number of hydrogen-bond donors (Lipinski definition) is 2. The summed E-state index contributed by atoms with van der Waals surface area (Å²) in [5, 5.41) is 5.69. The number of nitrogens with one attached hydrogen (secondary N) is 2. The van der Waals surface area contributed by atoms with Gasteiger partial charge in [0.2, 0.25) is 17.7 Å². The molecule has 2 heterocycles. The van der Waals surface area contributed by atoms with Crippen LogP contribution in [0.1, 0.15) is 25.8 Å². The molecular weight excluding hydrogens is 368 g/mol. The van der Waals surface area contributed by atoms with Gasteiger partial charge in [-0.05, 0) is 29.7 Å². The lowest BCUT2D eigenvalue weighted by atomic mass is 10.0. The zero-order chi connectivity index (χ0) is 20.8. The number of carbonyl (C=O) groups is 3. The first kappa shape index (κ1) is 20.5. The van der Waals surface area contributed by atoms with E-state index < -0.39 is 12.0 Å². The summed E-state index contributed by atoms with van der Waals surface area (Å²) >= 11 is 0. The standard InChI is InChI=1S/C22H26N4O3/c1-15(2)20(22(29)24-13-16-7-6-10-23-12-16)25-21(28)17-11-19(27)26(14-17)18-8-4-3-5-9-18/h3-10,12,15,17,20H,11,13-14H2,1-2H3,(H,24,29)(H,25,28)/t17?,20-/m1/s1. The van der Waals surface area contributed by atoms with E-state index >= 15 is 0 Å². The quantitative estimate of drug-likeness (QED) is 0.750. The minimum Gasteiger partial charge on any atom is -0.350 e. The molecule has 1 fully saturated rings. The smallest absolute Gasteiger partial charge is 0.243 e. The number of amides is 3. The maximum Gasteiger partial charge on any atom is 0.243 e. The van der Waals surface area contributed by atoms with Crippen molar-refractivity contribution in [3.8, 4) is 0 Å². The fourth-order valence-electron chi connectivity index (χ4n) is 3.35. The van der Waals surface area contributed by atoms with Gasteiger partial charge in [-0.25, -0.2) is 0 Å². The zero-order valence-corrected chi connectivity index (χ0v) is 16.7. The van der Waals surface area contributed by atoms with Crippen molar-refractivity contribution >= 4 is 23.4 Å². The molecule has 3 amide bonds. The number of carbonyl (C=O) groups excluding carboxylic acids is 3. The Morgan fingerprint density at radius 3 is 2.59 bits per heavy atom. The predicted octanol–water partition coefficient (Wildman–Crippen LogP) is 1.89. The van der Waals surface area contributed by atoms with Gasteiger partial charge in [0.25, 0.3) is 0 Å². The highest BCUT2D eigenvalue weighted by Gasteiger charge is 2.37. The molecule has 1 aromatic carbocycles. The Morgan fingerprint density at radius 2 is 1.93 bits per heavy atom. The van der Waals surface area contributed by atoms with E-state index in [2.05, 4.69) is 15.6 Å². The molecule has 29 heavy (non-hydrogen) atoms. The van der Waals surface area contributed by atoms with Crippen LogP contribution in [0.4, 0.5) is 5.69 Å². The van der Waals surface area contributed by atoms with E-state index in [4.69, 9.17) is 0 Å². The second kappa shape index (κ2) is 9.32. The van der Waals surface area contributed by atoms with Crippen molar-refractivity contribution in [2.24, 2.45) is 11.8 Å². The molecule has 7 nitrogen and oxygen atoms in total. The predicted molar refractivity (Wildman–Crippen MR) is 110 cm³/mol. The average Bonchev–Trinajstić information content (AvgIpc) is 3.13. The Labute approximate surface area is 170 Å². The minimum atomic E-state index is -0.667. The number of aromatic nitrogens is 1. The van der Waals surface area contributed by atoms with Gasteiger partial charge >= 0.3 is 0 Å². The lowest BCUT2D eigenvalue weighted by Crippen LogP contribution is -2.51. The first-order valence-electron chi connectivity index (χ1n) is 9.78. The molecule has 1 aliphatic rings. The third-order valence-corrected chi connectivity index (χ3v) is 5.00. The monoisotopic (exact) mass is 394 g/mol. The molecule has 3 rings (SSSR count). The lowest BCUT2D eigenvalue weighted by Gasteiger charge is -2.23. The molecule has 1 unspecified atom stereocenters. The van der Waals surface area contributed by atoms with Crippen molar-refractivity contribution < 1.29 is 14.4 Å². The molecule has 2 aromatic rings. The first-order chi connectivity index (χ1) is 14.0. The van der Waals surface area contributed by atoms with E-state index in [1.807, 2.05) is 50.2 Å². The molecule has 7 heteroatoms. The largest absolute Gasteiger partial charge is 0.350 e. The summed E-state index contributed by atoms with van der Waals surface area (Å²) in [6.45, 7) is 4.42. The van der Waals surface area contributed by atoms with Gasteiger partial charge in [0.1, 0.15) is 6.04 Å². The van der Waals surface area contributed by atoms with Crippen LogP contribution in [0.15, 0.2) is 54.9 Å². The van der Waals surface area contributed by atoms with E-state index in [1.165, 1.54) is 0 Å². The van der Waals surface area contributed by atoms with Crippen molar-refractivity contribution in [1.82, 2.24) is 15.6 Å². The molecule has 0 bridgehead atoms. The molecule has 1 aliphatic heterocycles. The van der Waals surface area contributed by atoms with Gasteiger partial charge in [0.05, 0.1) is 5.92 Å². The number of para-hydroxylation sites is 1. The number of hydrogen-bond acceptors (Lipinski definition) is 4. The molecule has 0 saturated carbocycles. The average molecular weight is 394 g/mol. The number of anilines is 1. The van der Waals surface area contributed by atoms with Crippen LogP contribution < -0.4 is 15.5 Å². The normalized spacial score (nSPS) is 17.3. The summed E-state index contributed by atoms with van der Waals surface area (Å²) in [6, 6.07) is 12.3. The Balaban J connectivity index is 1.59. The van der Waals surface area contributed by atoms with Gasteiger partial charge in [-0.1, -0.05) is 38.1 Å². The van der Waals surface area contributed by atoms with E-state index in [9.17, 15) is 14.4 Å². The summed E-state index contributed by atoms with van der Waals surface area (Å²) in [4.78, 5) is 43.4. The SMILES string of the molecule is CC(C)[C@@H](NC(=O)C1CC(=O)N(c2ccccc2)C1)C(=O)NCc1cccnc1.